The van der Waals surface area contributed by atoms with E-state index in [0.29, 0.717) is 0 Å². The third-order valence-electron chi connectivity index (χ3n) is 0.483. The molecule has 0 aliphatic carbocycles. The first kappa shape index (κ1) is 12.9. The minimum atomic E-state index is -1.59. The van der Waals surface area contributed by atoms with E-state index in [4.69, 9.17) is 24.9 Å². The Bertz CT molecular complexity index is 194. The Balaban J connectivity index is 0. The molecule has 68 valence electrons. The van der Waals surface area contributed by atoms with Gasteiger partial charge in [0, 0.05) is 0 Å². The maximum atomic E-state index is 9.66. The summed E-state index contributed by atoms with van der Waals surface area (Å²) in [7, 11) is 0. The number of aliphatic hydroxyl groups excluding tert-OH is 1. The molecule has 7 heteroatoms. The van der Waals surface area contributed by atoms with Gasteiger partial charge >= 0.3 is 11.9 Å². The van der Waals surface area contributed by atoms with E-state index in [-0.39, 0.29) is 6.29 Å². The highest BCUT2D eigenvalue weighted by Crippen LogP contribution is 1.65. The summed E-state index contributed by atoms with van der Waals surface area (Å²) >= 11 is 0. The molecule has 0 aromatic rings. The predicted molar refractivity (Wildman–Crippen MR) is 33.4 cm³/mol. The van der Waals surface area contributed by atoms with E-state index in [2.05, 4.69) is 0 Å². The lowest BCUT2D eigenvalue weighted by molar-refractivity contribution is -0.150. The van der Waals surface area contributed by atoms with Crippen molar-refractivity contribution < 1.29 is 34.5 Å². The molecule has 0 fully saturated rings. The summed E-state index contributed by atoms with van der Waals surface area (Å²) in [5.41, 5.74) is 0. The van der Waals surface area contributed by atoms with Crippen LogP contribution >= 0.6 is 0 Å². The SMILES string of the molecule is O=C(O)C(=O)CO.O=CC(=O)O. The molecule has 0 spiro atoms. The maximum Gasteiger partial charge on any atom is 0.374 e. The highest BCUT2D eigenvalue weighted by Gasteiger charge is 2.06. The van der Waals surface area contributed by atoms with Crippen LogP contribution in [0.4, 0.5) is 0 Å². The van der Waals surface area contributed by atoms with E-state index in [1.54, 1.807) is 0 Å². The number of hydrogen-bond acceptors (Lipinski definition) is 5. The molecule has 0 aromatic carbocycles. The van der Waals surface area contributed by atoms with Crippen molar-refractivity contribution in [2.24, 2.45) is 0 Å². The Morgan fingerprint density at radius 1 is 1.17 bits per heavy atom. The number of aldehydes is 1. The smallest absolute Gasteiger partial charge is 0.374 e. The van der Waals surface area contributed by atoms with Gasteiger partial charge in [0.2, 0.25) is 6.29 Å². The van der Waals surface area contributed by atoms with Crippen molar-refractivity contribution in [1.82, 2.24) is 0 Å². The number of carbonyl (C=O) groups excluding carboxylic acids is 2. The first-order chi connectivity index (χ1) is 5.45. The molecular weight excluding hydrogens is 172 g/mol. The van der Waals surface area contributed by atoms with Crippen LogP contribution in [0.25, 0.3) is 0 Å². The average molecular weight is 178 g/mol. The molecule has 0 saturated carbocycles. The zero-order valence-corrected chi connectivity index (χ0v) is 5.76. The molecule has 3 N–H and O–H groups in total. The average Bonchev–Trinajstić information content (AvgIpc) is 2.04. The normalized spacial score (nSPS) is 7.42. The van der Waals surface area contributed by atoms with Crippen molar-refractivity contribution >= 4 is 24.0 Å². The summed E-state index contributed by atoms with van der Waals surface area (Å²) in [6.45, 7) is -0.921. The second kappa shape index (κ2) is 7.35. The zero-order chi connectivity index (χ0) is 10.1. The van der Waals surface area contributed by atoms with Gasteiger partial charge in [-0.15, -0.1) is 0 Å². The van der Waals surface area contributed by atoms with Gasteiger partial charge in [0.25, 0.3) is 5.78 Å². The highest BCUT2D eigenvalue weighted by atomic mass is 16.4. The number of aliphatic carboxylic acids is 2. The van der Waals surface area contributed by atoms with Gasteiger partial charge in [-0.3, -0.25) is 9.59 Å². The number of ketones is 1. The summed E-state index contributed by atoms with van der Waals surface area (Å²) in [4.78, 5) is 37.0. The number of carboxylic acid groups (broad SMARTS) is 2. The van der Waals surface area contributed by atoms with E-state index in [1.165, 1.54) is 0 Å². The molecule has 0 saturated heterocycles. The molecule has 0 aliphatic heterocycles. The second-order valence-corrected chi connectivity index (χ2v) is 1.34. The summed E-state index contributed by atoms with van der Waals surface area (Å²) in [5, 5.41) is 22.8. The van der Waals surface area contributed by atoms with Gasteiger partial charge in [-0.05, 0) is 0 Å². The maximum absolute atomic E-state index is 9.66. The van der Waals surface area contributed by atoms with E-state index < -0.39 is 24.3 Å². The number of Topliss-reactive ketones (excluding diaryl/α,β-unsaturated/α-hetero) is 1. The van der Waals surface area contributed by atoms with Crippen LogP contribution in [0.3, 0.4) is 0 Å². The Labute approximate surface area is 66.2 Å². The highest BCUT2D eigenvalue weighted by molar-refractivity contribution is 6.33. The number of aliphatic hydroxyl groups is 1. The fourth-order valence-corrected chi connectivity index (χ4v) is 0.0676. The van der Waals surface area contributed by atoms with E-state index in [1.807, 2.05) is 0 Å². The number of hydrogen-bond donors (Lipinski definition) is 3. The van der Waals surface area contributed by atoms with Gasteiger partial charge in [0.05, 0.1) is 0 Å². The predicted octanol–water partition coefficient (Wildman–Crippen LogP) is -2.10. The van der Waals surface area contributed by atoms with Crippen molar-refractivity contribution in [3.05, 3.63) is 0 Å². The number of carbonyl (C=O) groups is 4. The summed E-state index contributed by atoms with van der Waals surface area (Å²) < 4.78 is 0. The van der Waals surface area contributed by atoms with Crippen LogP contribution in [-0.4, -0.2) is 45.9 Å². The lowest BCUT2D eigenvalue weighted by Crippen LogP contribution is -2.15. The molecule has 0 aliphatic rings. The van der Waals surface area contributed by atoms with Crippen molar-refractivity contribution in [3.8, 4) is 0 Å². The van der Waals surface area contributed by atoms with E-state index in [0.717, 1.165) is 0 Å². The van der Waals surface area contributed by atoms with Gasteiger partial charge in [-0.25, -0.2) is 9.59 Å². The fraction of sp³-hybridized carbons (Fsp3) is 0.200. The van der Waals surface area contributed by atoms with Crippen LogP contribution < -0.4 is 0 Å². The van der Waals surface area contributed by atoms with Crippen molar-refractivity contribution in [1.29, 1.82) is 0 Å². The Morgan fingerprint density at radius 2 is 1.50 bits per heavy atom. The summed E-state index contributed by atoms with van der Waals surface area (Å²) in [6, 6.07) is 0. The first-order valence-electron chi connectivity index (χ1n) is 2.50. The second-order valence-electron chi connectivity index (χ2n) is 1.34. The quantitative estimate of drug-likeness (QED) is 0.333. The third kappa shape index (κ3) is 11.1. The summed E-state index contributed by atoms with van der Waals surface area (Å²) in [5.74, 6) is -4.20. The Morgan fingerprint density at radius 3 is 1.50 bits per heavy atom. The van der Waals surface area contributed by atoms with Gasteiger partial charge in [-0.1, -0.05) is 0 Å². The first-order valence-corrected chi connectivity index (χ1v) is 2.50. The topological polar surface area (TPSA) is 129 Å². The van der Waals surface area contributed by atoms with Gasteiger partial charge in [0.1, 0.15) is 6.61 Å². The lowest BCUT2D eigenvalue weighted by Gasteiger charge is -1.80. The van der Waals surface area contributed by atoms with Gasteiger partial charge in [-0.2, -0.15) is 0 Å². The molecule has 0 atom stereocenters. The Hall–Kier alpha value is -1.76. The Kier molecular flexibility index (Phi) is 7.88. The molecule has 0 unspecified atom stereocenters. The molecule has 0 bridgehead atoms. The number of rotatable bonds is 3. The van der Waals surface area contributed by atoms with Crippen LogP contribution in [0.2, 0.25) is 0 Å². The third-order valence-corrected chi connectivity index (χ3v) is 0.483. The van der Waals surface area contributed by atoms with Crippen molar-refractivity contribution in [2.45, 2.75) is 0 Å². The van der Waals surface area contributed by atoms with Crippen LogP contribution in [0.5, 0.6) is 0 Å². The van der Waals surface area contributed by atoms with Gasteiger partial charge in [0.15, 0.2) is 0 Å². The zero-order valence-electron chi connectivity index (χ0n) is 5.76. The monoisotopic (exact) mass is 178 g/mol. The molecule has 0 rings (SSSR count). The minimum Gasteiger partial charge on any atom is -0.476 e. The standard InChI is InChI=1S/C3H4O4.C2H2O3/c4-1-2(5)3(6)7;3-1-2(4)5/h4H,1H2,(H,6,7);1H,(H,4,5). The van der Waals surface area contributed by atoms with Crippen LogP contribution in [-0.2, 0) is 19.2 Å². The van der Waals surface area contributed by atoms with Crippen LogP contribution in [0.15, 0.2) is 0 Å². The largest absolute Gasteiger partial charge is 0.476 e. The van der Waals surface area contributed by atoms with E-state index in [9.17, 15) is 9.59 Å². The van der Waals surface area contributed by atoms with Crippen molar-refractivity contribution in [3.63, 3.8) is 0 Å². The molecule has 0 heterocycles. The fourth-order valence-electron chi connectivity index (χ4n) is 0.0676. The summed E-state index contributed by atoms with van der Waals surface area (Å²) in [6.07, 6.45) is -0.167. The molecule has 0 aromatic heterocycles. The van der Waals surface area contributed by atoms with Crippen LogP contribution in [0, 0.1) is 0 Å². The van der Waals surface area contributed by atoms with E-state index >= 15 is 0 Å². The van der Waals surface area contributed by atoms with Gasteiger partial charge < -0.3 is 15.3 Å². The number of carboxylic acids is 2. The molecule has 0 amide bonds. The lowest BCUT2D eigenvalue weighted by atomic mass is 10.4. The molecule has 7 nitrogen and oxygen atoms in total. The van der Waals surface area contributed by atoms with Crippen molar-refractivity contribution in [2.75, 3.05) is 6.61 Å². The molecule has 0 radical (unpaired) electrons. The van der Waals surface area contributed by atoms with Crippen LogP contribution in [0.1, 0.15) is 0 Å². The minimum absolute atomic E-state index is 0.167. The molecular formula is C5H6O7. The molecule has 12 heavy (non-hydrogen) atoms.